The summed E-state index contributed by atoms with van der Waals surface area (Å²) < 4.78 is 5.41. The van der Waals surface area contributed by atoms with Gasteiger partial charge in [-0.3, -0.25) is 4.90 Å². The van der Waals surface area contributed by atoms with Gasteiger partial charge in [0.1, 0.15) is 0 Å². The highest BCUT2D eigenvalue weighted by Gasteiger charge is 2.12. The van der Waals surface area contributed by atoms with Crippen molar-refractivity contribution in [2.45, 2.75) is 77.7 Å². The molecule has 0 radical (unpaired) electrons. The zero-order chi connectivity index (χ0) is 19.9. The molecule has 156 valence electrons. The van der Waals surface area contributed by atoms with Gasteiger partial charge < -0.3 is 9.63 Å². The molecule has 0 fully saturated rings. The lowest BCUT2D eigenvalue weighted by Gasteiger charge is -2.18. The fourth-order valence-electron chi connectivity index (χ4n) is 3.45. The third-order valence-electron chi connectivity index (χ3n) is 5.10. The van der Waals surface area contributed by atoms with Gasteiger partial charge in [-0.15, -0.1) is 0 Å². The van der Waals surface area contributed by atoms with E-state index in [1.165, 1.54) is 57.8 Å². The zero-order valence-electron chi connectivity index (χ0n) is 17.5. The van der Waals surface area contributed by atoms with Crippen molar-refractivity contribution < 1.29 is 9.63 Å². The van der Waals surface area contributed by atoms with Crippen LogP contribution in [-0.2, 0) is 6.54 Å². The topological polar surface area (TPSA) is 62.4 Å². The van der Waals surface area contributed by atoms with Crippen LogP contribution in [-0.4, -0.2) is 39.8 Å². The smallest absolute Gasteiger partial charge is 0.241 e. The van der Waals surface area contributed by atoms with Crippen LogP contribution in [0.25, 0.3) is 11.4 Å². The highest BCUT2D eigenvalue weighted by Crippen LogP contribution is 2.16. The third kappa shape index (κ3) is 8.98. The third-order valence-corrected chi connectivity index (χ3v) is 5.10. The molecule has 0 spiro atoms. The second-order valence-corrected chi connectivity index (χ2v) is 7.56. The normalized spacial score (nSPS) is 11.4. The Bertz CT molecular complexity index is 615. The lowest BCUT2D eigenvalue weighted by molar-refractivity contribution is 0.171. The van der Waals surface area contributed by atoms with Gasteiger partial charge in [-0.05, 0) is 13.0 Å². The van der Waals surface area contributed by atoms with Crippen molar-refractivity contribution in [2.24, 2.45) is 0 Å². The summed E-state index contributed by atoms with van der Waals surface area (Å²) in [6.07, 6.45) is 13.3. The first-order chi connectivity index (χ1) is 13.8. The molecule has 1 aromatic heterocycles. The SMILES string of the molecule is CCCCCCCCCCCCN(CCO)Cc1nc(-c2ccccc2)no1. The number of aliphatic hydroxyl groups excluding tert-OH is 1. The van der Waals surface area contributed by atoms with Crippen LogP contribution in [0.5, 0.6) is 0 Å². The van der Waals surface area contributed by atoms with E-state index in [2.05, 4.69) is 22.0 Å². The van der Waals surface area contributed by atoms with E-state index in [0.29, 0.717) is 24.8 Å². The molecule has 5 nitrogen and oxygen atoms in total. The first-order valence-electron chi connectivity index (χ1n) is 11.0. The van der Waals surface area contributed by atoms with Crippen molar-refractivity contribution in [3.63, 3.8) is 0 Å². The lowest BCUT2D eigenvalue weighted by Crippen LogP contribution is -2.27. The molecule has 0 saturated heterocycles. The predicted octanol–water partition coefficient (Wildman–Crippen LogP) is 5.45. The molecule has 0 amide bonds. The average Bonchev–Trinajstić information content (AvgIpc) is 3.19. The van der Waals surface area contributed by atoms with Crippen molar-refractivity contribution in [1.82, 2.24) is 15.0 Å². The highest BCUT2D eigenvalue weighted by atomic mass is 16.5. The molecule has 0 saturated carbocycles. The summed E-state index contributed by atoms with van der Waals surface area (Å²) in [5.74, 6) is 1.23. The second-order valence-electron chi connectivity index (χ2n) is 7.56. The molecule has 0 aliphatic heterocycles. The van der Waals surface area contributed by atoms with Gasteiger partial charge in [0.25, 0.3) is 0 Å². The average molecular weight is 388 g/mol. The van der Waals surface area contributed by atoms with Gasteiger partial charge in [-0.1, -0.05) is 100 Å². The first-order valence-corrected chi connectivity index (χ1v) is 11.0. The maximum absolute atomic E-state index is 9.35. The van der Waals surface area contributed by atoms with Gasteiger partial charge in [-0.25, -0.2) is 0 Å². The molecule has 0 bridgehead atoms. The summed E-state index contributed by atoms with van der Waals surface area (Å²) >= 11 is 0. The Balaban J connectivity index is 1.63. The Morgan fingerprint density at radius 2 is 1.50 bits per heavy atom. The summed E-state index contributed by atoms with van der Waals surface area (Å²) in [6.45, 7) is 4.61. The second kappa shape index (κ2) is 14.3. The van der Waals surface area contributed by atoms with Crippen LogP contribution in [0.1, 0.15) is 77.0 Å². The summed E-state index contributed by atoms with van der Waals surface area (Å²) in [6, 6.07) is 9.86. The number of unbranched alkanes of at least 4 members (excludes halogenated alkanes) is 9. The van der Waals surface area contributed by atoms with Crippen LogP contribution >= 0.6 is 0 Å². The minimum Gasteiger partial charge on any atom is -0.395 e. The van der Waals surface area contributed by atoms with Gasteiger partial charge >= 0.3 is 0 Å². The molecule has 0 aliphatic rings. The molecule has 2 aromatic rings. The van der Waals surface area contributed by atoms with Crippen LogP contribution in [0.2, 0.25) is 0 Å². The molecule has 1 N–H and O–H groups in total. The molecular formula is C23H37N3O2. The summed E-state index contributed by atoms with van der Waals surface area (Å²) in [7, 11) is 0. The van der Waals surface area contributed by atoms with E-state index in [4.69, 9.17) is 4.52 Å². The quantitative estimate of drug-likeness (QED) is 0.388. The summed E-state index contributed by atoms with van der Waals surface area (Å²) in [4.78, 5) is 6.70. The highest BCUT2D eigenvalue weighted by molar-refractivity contribution is 5.53. The fourth-order valence-corrected chi connectivity index (χ4v) is 3.45. The van der Waals surface area contributed by atoms with E-state index in [1.807, 2.05) is 30.3 Å². The zero-order valence-corrected chi connectivity index (χ0v) is 17.5. The number of hydrogen-bond donors (Lipinski definition) is 1. The molecule has 1 heterocycles. The summed E-state index contributed by atoms with van der Waals surface area (Å²) in [5.41, 5.74) is 0.959. The van der Waals surface area contributed by atoms with E-state index >= 15 is 0 Å². The number of rotatable bonds is 16. The van der Waals surface area contributed by atoms with Crippen LogP contribution in [0.15, 0.2) is 34.9 Å². The minimum absolute atomic E-state index is 0.150. The molecule has 0 aliphatic carbocycles. The Hall–Kier alpha value is -1.72. The Kier molecular flexibility index (Phi) is 11.5. The standard InChI is InChI=1S/C23H37N3O2/c1-2-3-4-5-6-7-8-9-10-14-17-26(18-19-27)20-22-24-23(25-28-22)21-15-12-11-13-16-21/h11-13,15-16,27H,2-10,14,17-20H2,1H3. The molecule has 0 atom stereocenters. The first kappa shape index (κ1) is 22.6. The maximum Gasteiger partial charge on any atom is 0.241 e. The van der Waals surface area contributed by atoms with Gasteiger partial charge in [-0.2, -0.15) is 4.98 Å². The number of aromatic nitrogens is 2. The van der Waals surface area contributed by atoms with Gasteiger partial charge in [0, 0.05) is 12.1 Å². The van der Waals surface area contributed by atoms with Crippen LogP contribution in [0.3, 0.4) is 0 Å². The Morgan fingerprint density at radius 1 is 0.857 bits per heavy atom. The minimum atomic E-state index is 0.150. The van der Waals surface area contributed by atoms with Crippen LogP contribution in [0.4, 0.5) is 0 Å². The van der Waals surface area contributed by atoms with Gasteiger partial charge in [0.2, 0.25) is 11.7 Å². The largest absolute Gasteiger partial charge is 0.395 e. The maximum atomic E-state index is 9.35. The molecule has 2 rings (SSSR count). The van der Waals surface area contributed by atoms with E-state index < -0.39 is 0 Å². The van der Waals surface area contributed by atoms with E-state index in [-0.39, 0.29) is 6.61 Å². The van der Waals surface area contributed by atoms with Crippen molar-refractivity contribution in [3.8, 4) is 11.4 Å². The number of hydrogen-bond acceptors (Lipinski definition) is 5. The Morgan fingerprint density at radius 3 is 2.14 bits per heavy atom. The van der Waals surface area contributed by atoms with Gasteiger partial charge in [0.15, 0.2) is 0 Å². The van der Waals surface area contributed by atoms with Crippen molar-refractivity contribution in [2.75, 3.05) is 19.7 Å². The van der Waals surface area contributed by atoms with Crippen molar-refractivity contribution >= 4 is 0 Å². The molecular weight excluding hydrogens is 350 g/mol. The van der Waals surface area contributed by atoms with Gasteiger partial charge in [0.05, 0.1) is 13.2 Å². The Labute approximate surface area is 170 Å². The van der Waals surface area contributed by atoms with Crippen LogP contribution in [0, 0.1) is 0 Å². The molecule has 0 unspecified atom stereocenters. The fraction of sp³-hybridized carbons (Fsp3) is 0.652. The molecule has 1 aromatic carbocycles. The monoisotopic (exact) mass is 387 g/mol. The van der Waals surface area contributed by atoms with E-state index in [9.17, 15) is 5.11 Å². The van der Waals surface area contributed by atoms with E-state index in [1.54, 1.807) is 0 Å². The van der Waals surface area contributed by atoms with Crippen molar-refractivity contribution in [3.05, 3.63) is 36.2 Å². The number of nitrogens with zero attached hydrogens (tertiary/aromatic N) is 3. The lowest BCUT2D eigenvalue weighted by atomic mass is 10.1. The number of aliphatic hydroxyl groups is 1. The predicted molar refractivity (Wildman–Crippen MR) is 114 cm³/mol. The van der Waals surface area contributed by atoms with E-state index in [0.717, 1.165) is 18.5 Å². The summed E-state index contributed by atoms with van der Waals surface area (Å²) in [5, 5.41) is 13.4. The number of benzene rings is 1. The van der Waals surface area contributed by atoms with Crippen LogP contribution < -0.4 is 0 Å². The van der Waals surface area contributed by atoms with Crippen molar-refractivity contribution in [1.29, 1.82) is 0 Å². The molecule has 5 heteroatoms. The molecule has 28 heavy (non-hydrogen) atoms.